The fourth-order valence-electron chi connectivity index (χ4n) is 3.04. The zero-order valence-electron chi connectivity index (χ0n) is 16.5. The van der Waals surface area contributed by atoms with E-state index in [1.165, 1.54) is 0 Å². The molecule has 0 saturated heterocycles. The monoisotopic (exact) mass is 436 g/mol. The molecule has 29 heavy (non-hydrogen) atoms. The van der Waals surface area contributed by atoms with Crippen LogP contribution in [0, 0.1) is 0 Å². The third kappa shape index (κ3) is 5.62. The summed E-state index contributed by atoms with van der Waals surface area (Å²) in [5.41, 5.74) is 0.951. The van der Waals surface area contributed by atoms with Crippen molar-refractivity contribution < 1.29 is 14.3 Å². The third-order valence-corrected chi connectivity index (χ3v) is 5.91. The van der Waals surface area contributed by atoms with Crippen LogP contribution in [0.3, 0.4) is 0 Å². The topological polar surface area (TPSA) is 73.9 Å². The molecular weight excluding hydrogens is 412 g/mol. The summed E-state index contributed by atoms with van der Waals surface area (Å²) in [5.74, 6) is 0.251. The first kappa shape index (κ1) is 21.4. The van der Waals surface area contributed by atoms with Crippen LogP contribution in [-0.4, -0.2) is 54.5 Å². The highest BCUT2D eigenvalue weighted by Crippen LogP contribution is 2.36. The number of fused-ring (bicyclic) bond motifs is 1. The molecule has 0 unspecified atom stereocenters. The summed E-state index contributed by atoms with van der Waals surface area (Å²) >= 11 is 7.95. The Bertz CT molecular complexity index is 856. The number of carbonyl (C=O) groups excluding carboxylic acids is 2. The summed E-state index contributed by atoms with van der Waals surface area (Å²) in [6, 6.07) is 7.00. The molecule has 0 spiro atoms. The zero-order valence-corrected chi connectivity index (χ0v) is 18.1. The molecule has 1 aromatic heterocycles. The van der Waals surface area contributed by atoms with Gasteiger partial charge in [-0.25, -0.2) is 4.79 Å². The first-order chi connectivity index (χ1) is 14.0. The maximum atomic E-state index is 13.0. The molecule has 0 aliphatic carbocycles. The number of benzene rings is 1. The number of rotatable bonds is 8. The number of likely N-dealkylation sites (N-methyl/N-ethyl adjacent to an activating group) is 1. The molecule has 1 aromatic carbocycles. The number of halogens is 1. The third-order valence-electron chi connectivity index (χ3n) is 4.74. The van der Waals surface area contributed by atoms with E-state index in [1.807, 2.05) is 17.5 Å². The van der Waals surface area contributed by atoms with Crippen molar-refractivity contribution >= 4 is 46.3 Å². The molecule has 1 aliphatic heterocycles. The van der Waals surface area contributed by atoms with Crippen molar-refractivity contribution in [3.8, 4) is 5.75 Å². The number of nitrogens with zero attached hydrogens (tertiary/aromatic N) is 2. The van der Waals surface area contributed by atoms with Gasteiger partial charge in [0, 0.05) is 24.0 Å². The molecule has 0 bridgehead atoms. The Morgan fingerprint density at radius 2 is 2.10 bits per heavy atom. The van der Waals surface area contributed by atoms with E-state index >= 15 is 0 Å². The van der Waals surface area contributed by atoms with Crippen LogP contribution in [0.1, 0.15) is 18.7 Å². The Kier molecular flexibility index (Phi) is 7.35. The van der Waals surface area contributed by atoms with Crippen molar-refractivity contribution in [2.75, 3.05) is 43.4 Å². The van der Waals surface area contributed by atoms with Crippen LogP contribution in [0.2, 0.25) is 5.02 Å². The van der Waals surface area contributed by atoms with Gasteiger partial charge >= 0.3 is 6.03 Å². The lowest BCUT2D eigenvalue weighted by molar-refractivity contribution is -0.118. The van der Waals surface area contributed by atoms with Crippen LogP contribution in [0.4, 0.5) is 16.2 Å². The van der Waals surface area contributed by atoms with Crippen LogP contribution in [0.25, 0.3) is 0 Å². The van der Waals surface area contributed by atoms with E-state index in [1.54, 1.807) is 28.4 Å². The van der Waals surface area contributed by atoms with Gasteiger partial charge in [-0.15, -0.1) is 11.3 Å². The largest absolute Gasteiger partial charge is 0.482 e. The summed E-state index contributed by atoms with van der Waals surface area (Å²) in [4.78, 5) is 29.7. The second-order valence-electron chi connectivity index (χ2n) is 6.62. The highest BCUT2D eigenvalue weighted by molar-refractivity contribution is 7.09. The molecular formula is C20H25ClN4O3S. The van der Waals surface area contributed by atoms with Gasteiger partial charge < -0.3 is 25.2 Å². The summed E-state index contributed by atoms with van der Waals surface area (Å²) in [7, 11) is 0. The molecule has 3 rings (SSSR count). The van der Waals surface area contributed by atoms with Crippen LogP contribution in [0.15, 0.2) is 29.6 Å². The minimum absolute atomic E-state index is 0.0591. The quantitative estimate of drug-likeness (QED) is 0.653. The number of amides is 3. The number of anilines is 2. The van der Waals surface area contributed by atoms with Crippen LogP contribution in [-0.2, 0) is 11.3 Å². The van der Waals surface area contributed by atoms with Crippen molar-refractivity contribution in [3.05, 3.63) is 39.5 Å². The number of urea groups is 1. The molecule has 7 nitrogen and oxygen atoms in total. The number of thiophene rings is 1. The van der Waals surface area contributed by atoms with E-state index in [0.717, 1.165) is 24.5 Å². The number of hydrogen-bond acceptors (Lipinski definition) is 5. The summed E-state index contributed by atoms with van der Waals surface area (Å²) in [5, 5.41) is 7.93. The standard InChI is InChI=1S/C20H25ClN4O3S/c1-3-24(4-2)7-8-25(12-14-6-5-9-29-14)20(27)23-16-11-18-17(10-15(16)21)22-19(26)13-28-18/h5-6,9-11H,3-4,7-8,12-13H2,1-2H3,(H,22,26)(H,23,27). The summed E-state index contributed by atoms with van der Waals surface area (Å²) < 4.78 is 5.43. The maximum Gasteiger partial charge on any atom is 0.322 e. The first-order valence-corrected chi connectivity index (χ1v) is 10.8. The molecule has 9 heteroatoms. The Hall–Kier alpha value is -2.29. The lowest BCUT2D eigenvalue weighted by atomic mass is 10.2. The minimum atomic E-state index is -0.233. The maximum absolute atomic E-state index is 13.0. The predicted molar refractivity (Wildman–Crippen MR) is 117 cm³/mol. The molecule has 156 valence electrons. The van der Waals surface area contributed by atoms with Crippen molar-refractivity contribution in [2.45, 2.75) is 20.4 Å². The number of carbonyl (C=O) groups is 2. The van der Waals surface area contributed by atoms with Gasteiger partial charge in [-0.3, -0.25) is 4.79 Å². The molecule has 2 aromatic rings. The fourth-order valence-corrected chi connectivity index (χ4v) is 3.97. The number of nitrogens with one attached hydrogen (secondary N) is 2. The average molecular weight is 437 g/mol. The second kappa shape index (κ2) is 9.96. The van der Waals surface area contributed by atoms with Crippen molar-refractivity contribution in [3.63, 3.8) is 0 Å². The minimum Gasteiger partial charge on any atom is -0.482 e. The van der Waals surface area contributed by atoms with Crippen LogP contribution in [0.5, 0.6) is 5.75 Å². The fraction of sp³-hybridized carbons (Fsp3) is 0.400. The smallest absolute Gasteiger partial charge is 0.322 e. The first-order valence-electron chi connectivity index (χ1n) is 9.57. The highest BCUT2D eigenvalue weighted by atomic mass is 35.5. The van der Waals surface area contributed by atoms with Gasteiger partial charge in [-0.1, -0.05) is 31.5 Å². The highest BCUT2D eigenvalue weighted by Gasteiger charge is 2.21. The van der Waals surface area contributed by atoms with Crippen molar-refractivity contribution in [1.29, 1.82) is 0 Å². The lowest BCUT2D eigenvalue weighted by Gasteiger charge is -2.27. The average Bonchev–Trinajstić information content (AvgIpc) is 3.21. The van der Waals surface area contributed by atoms with Gasteiger partial charge in [-0.05, 0) is 30.6 Å². The Labute approximate surface area is 179 Å². The zero-order chi connectivity index (χ0) is 20.8. The summed E-state index contributed by atoms with van der Waals surface area (Å²) in [6.07, 6.45) is 0. The van der Waals surface area contributed by atoms with Gasteiger partial charge in [0.05, 0.1) is 22.9 Å². The SMILES string of the molecule is CCN(CC)CCN(Cc1cccs1)C(=O)Nc1cc2c(cc1Cl)NC(=O)CO2. The Morgan fingerprint density at radius 3 is 2.79 bits per heavy atom. The van der Waals surface area contributed by atoms with Crippen molar-refractivity contribution in [1.82, 2.24) is 9.80 Å². The Morgan fingerprint density at radius 1 is 1.31 bits per heavy atom. The Balaban J connectivity index is 1.74. The van der Waals surface area contributed by atoms with Gasteiger partial charge in [0.2, 0.25) is 0 Å². The normalized spacial score (nSPS) is 12.9. The molecule has 1 aliphatic rings. The van der Waals surface area contributed by atoms with E-state index in [2.05, 4.69) is 29.4 Å². The summed E-state index contributed by atoms with van der Waals surface area (Å²) in [6.45, 7) is 7.95. The van der Waals surface area contributed by atoms with E-state index in [4.69, 9.17) is 16.3 Å². The van der Waals surface area contributed by atoms with E-state index in [9.17, 15) is 9.59 Å². The second-order valence-corrected chi connectivity index (χ2v) is 8.06. The molecule has 0 saturated carbocycles. The van der Waals surface area contributed by atoms with Gasteiger partial charge in [0.25, 0.3) is 5.91 Å². The number of ether oxygens (including phenoxy) is 1. The predicted octanol–water partition coefficient (Wildman–Crippen LogP) is 4.11. The molecule has 0 fully saturated rings. The van der Waals surface area contributed by atoms with E-state index in [-0.39, 0.29) is 18.5 Å². The molecule has 2 heterocycles. The molecule has 0 radical (unpaired) electrons. The van der Waals surface area contributed by atoms with Gasteiger partial charge in [-0.2, -0.15) is 0 Å². The van der Waals surface area contributed by atoms with Crippen LogP contribution >= 0.6 is 22.9 Å². The van der Waals surface area contributed by atoms with Crippen molar-refractivity contribution in [2.24, 2.45) is 0 Å². The molecule has 3 amide bonds. The lowest BCUT2D eigenvalue weighted by Crippen LogP contribution is -2.40. The van der Waals surface area contributed by atoms with E-state index < -0.39 is 0 Å². The van der Waals surface area contributed by atoms with Gasteiger partial charge in [0.15, 0.2) is 6.61 Å². The molecule has 2 N–H and O–H groups in total. The van der Waals surface area contributed by atoms with Gasteiger partial charge in [0.1, 0.15) is 5.75 Å². The van der Waals surface area contributed by atoms with Crippen LogP contribution < -0.4 is 15.4 Å². The van der Waals surface area contributed by atoms with E-state index in [0.29, 0.717) is 35.2 Å². The molecule has 0 atom stereocenters. The number of hydrogen-bond donors (Lipinski definition) is 2.